The molecule has 0 aromatic heterocycles. The van der Waals surface area contributed by atoms with Gasteiger partial charge in [-0.3, -0.25) is 10.1 Å². The first-order valence-electron chi connectivity index (χ1n) is 7.61. The van der Waals surface area contributed by atoms with Gasteiger partial charge in [0.05, 0.1) is 4.92 Å². The lowest BCUT2D eigenvalue weighted by atomic mass is 9.93. The summed E-state index contributed by atoms with van der Waals surface area (Å²) in [5, 5.41) is 24.0. The van der Waals surface area contributed by atoms with Crippen molar-refractivity contribution in [1.82, 2.24) is 0 Å². The number of aryl methyl sites for hydroxylation is 2. The van der Waals surface area contributed by atoms with Gasteiger partial charge in [-0.15, -0.1) is 0 Å². The quantitative estimate of drug-likeness (QED) is 0.589. The summed E-state index contributed by atoms with van der Waals surface area (Å²) in [6.45, 7) is 0. The SMILES string of the molecule is O=[N+]([O-])c1cccc(C(O)c2ccc3c4c(cccc24)CC3)c1. The maximum absolute atomic E-state index is 10.9. The lowest BCUT2D eigenvalue weighted by Crippen LogP contribution is -2.02. The molecule has 1 N–H and O–H groups in total. The van der Waals surface area contributed by atoms with Gasteiger partial charge in [-0.2, -0.15) is 0 Å². The van der Waals surface area contributed by atoms with Gasteiger partial charge in [-0.25, -0.2) is 0 Å². The zero-order valence-corrected chi connectivity index (χ0v) is 12.4. The fraction of sp³-hybridized carbons (Fsp3) is 0.158. The van der Waals surface area contributed by atoms with Crippen LogP contribution in [-0.2, 0) is 12.8 Å². The molecule has 4 heteroatoms. The molecule has 1 aliphatic carbocycles. The van der Waals surface area contributed by atoms with Gasteiger partial charge >= 0.3 is 0 Å². The number of nitro benzene ring substituents is 1. The minimum atomic E-state index is -0.875. The molecule has 0 bridgehead atoms. The van der Waals surface area contributed by atoms with Crippen LogP contribution in [0.4, 0.5) is 5.69 Å². The van der Waals surface area contributed by atoms with E-state index in [2.05, 4.69) is 12.1 Å². The van der Waals surface area contributed by atoms with Gasteiger partial charge in [-0.05, 0) is 45.9 Å². The van der Waals surface area contributed by atoms with Gasteiger partial charge in [0, 0.05) is 12.1 Å². The molecular weight excluding hydrogens is 290 g/mol. The topological polar surface area (TPSA) is 63.4 Å². The van der Waals surface area contributed by atoms with Crippen LogP contribution < -0.4 is 0 Å². The molecule has 0 radical (unpaired) electrons. The zero-order valence-electron chi connectivity index (χ0n) is 12.4. The number of nitro groups is 1. The van der Waals surface area contributed by atoms with Gasteiger partial charge in [0.2, 0.25) is 0 Å². The molecule has 0 aliphatic heterocycles. The van der Waals surface area contributed by atoms with Gasteiger partial charge in [0.1, 0.15) is 6.10 Å². The molecule has 3 aromatic rings. The number of nitrogens with zero attached hydrogens (tertiary/aromatic N) is 1. The fourth-order valence-electron chi connectivity index (χ4n) is 3.50. The standard InChI is InChI=1S/C19H15NO3/c21-19(14-4-1-5-15(11-14)20(22)23)17-10-9-13-8-7-12-3-2-6-16(17)18(12)13/h1-6,9-11,19,21H,7-8H2. The molecule has 1 aliphatic rings. The predicted octanol–water partition coefficient (Wildman–Crippen LogP) is 3.93. The van der Waals surface area contributed by atoms with E-state index in [1.807, 2.05) is 18.2 Å². The first kappa shape index (κ1) is 13.9. The van der Waals surface area contributed by atoms with E-state index in [4.69, 9.17) is 0 Å². The number of aliphatic hydroxyl groups is 1. The van der Waals surface area contributed by atoms with Crippen LogP contribution in [0, 0.1) is 10.1 Å². The van der Waals surface area contributed by atoms with E-state index in [0.29, 0.717) is 5.56 Å². The number of non-ortho nitro benzene ring substituents is 1. The lowest BCUT2D eigenvalue weighted by molar-refractivity contribution is -0.385. The Labute approximate surface area is 133 Å². The Morgan fingerprint density at radius 2 is 1.74 bits per heavy atom. The molecule has 0 saturated carbocycles. The third-order valence-corrected chi connectivity index (χ3v) is 4.60. The Balaban J connectivity index is 1.87. The molecule has 0 saturated heterocycles. The Morgan fingerprint density at radius 1 is 1.00 bits per heavy atom. The van der Waals surface area contributed by atoms with Crippen molar-refractivity contribution in [3.63, 3.8) is 0 Å². The van der Waals surface area contributed by atoms with Crippen LogP contribution >= 0.6 is 0 Å². The molecule has 0 amide bonds. The van der Waals surface area contributed by atoms with Crippen LogP contribution in [0.15, 0.2) is 54.6 Å². The van der Waals surface area contributed by atoms with Gasteiger partial charge < -0.3 is 5.11 Å². The van der Waals surface area contributed by atoms with Crippen molar-refractivity contribution < 1.29 is 10.0 Å². The van der Waals surface area contributed by atoms with E-state index in [0.717, 1.165) is 23.8 Å². The average Bonchev–Trinajstić information content (AvgIpc) is 3.00. The van der Waals surface area contributed by atoms with E-state index in [9.17, 15) is 15.2 Å². The summed E-state index contributed by atoms with van der Waals surface area (Å²) in [6, 6.07) is 16.4. The summed E-state index contributed by atoms with van der Waals surface area (Å²) >= 11 is 0. The van der Waals surface area contributed by atoms with Crippen molar-refractivity contribution in [3.05, 3.63) is 87.0 Å². The normalized spacial score (nSPS) is 14.1. The highest BCUT2D eigenvalue weighted by Gasteiger charge is 2.20. The molecule has 0 fully saturated rings. The predicted molar refractivity (Wildman–Crippen MR) is 88.5 cm³/mol. The fourth-order valence-corrected chi connectivity index (χ4v) is 3.50. The van der Waals surface area contributed by atoms with Gasteiger partial charge in [-0.1, -0.05) is 42.5 Å². The molecule has 4 nitrogen and oxygen atoms in total. The van der Waals surface area contributed by atoms with Crippen LogP contribution in [0.3, 0.4) is 0 Å². The van der Waals surface area contributed by atoms with Crippen molar-refractivity contribution in [3.8, 4) is 0 Å². The van der Waals surface area contributed by atoms with Crippen LogP contribution in [0.1, 0.15) is 28.4 Å². The molecule has 23 heavy (non-hydrogen) atoms. The number of hydrogen-bond acceptors (Lipinski definition) is 3. The average molecular weight is 305 g/mol. The van der Waals surface area contributed by atoms with Crippen molar-refractivity contribution >= 4 is 16.5 Å². The summed E-state index contributed by atoms with van der Waals surface area (Å²) in [6.07, 6.45) is 1.19. The van der Waals surface area contributed by atoms with E-state index in [1.54, 1.807) is 12.1 Å². The highest BCUT2D eigenvalue weighted by molar-refractivity contribution is 5.93. The summed E-state index contributed by atoms with van der Waals surface area (Å²) in [5.74, 6) is 0. The number of rotatable bonds is 3. The van der Waals surface area contributed by atoms with Crippen molar-refractivity contribution in [2.45, 2.75) is 18.9 Å². The van der Waals surface area contributed by atoms with E-state index < -0.39 is 11.0 Å². The molecule has 1 unspecified atom stereocenters. The lowest BCUT2D eigenvalue weighted by Gasteiger charge is -2.15. The minimum Gasteiger partial charge on any atom is -0.384 e. The second-order valence-corrected chi connectivity index (χ2v) is 5.91. The smallest absolute Gasteiger partial charge is 0.269 e. The minimum absolute atomic E-state index is 0.00696. The van der Waals surface area contributed by atoms with E-state index in [1.165, 1.54) is 28.6 Å². The Hall–Kier alpha value is -2.72. The van der Waals surface area contributed by atoms with Crippen molar-refractivity contribution in [1.29, 1.82) is 0 Å². The maximum Gasteiger partial charge on any atom is 0.269 e. The van der Waals surface area contributed by atoms with E-state index >= 15 is 0 Å². The van der Waals surface area contributed by atoms with Crippen molar-refractivity contribution in [2.24, 2.45) is 0 Å². The van der Waals surface area contributed by atoms with Crippen LogP contribution in [0.5, 0.6) is 0 Å². The maximum atomic E-state index is 10.9. The largest absolute Gasteiger partial charge is 0.384 e. The summed E-state index contributed by atoms with van der Waals surface area (Å²) in [7, 11) is 0. The Morgan fingerprint density at radius 3 is 2.52 bits per heavy atom. The first-order chi connectivity index (χ1) is 11.1. The van der Waals surface area contributed by atoms with Gasteiger partial charge in [0.25, 0.3) is 5.69 Å². The summed E-state index contributed by atoms with van der Waals surface area (Å²) < 4.78 is 0. The summed E-state index contributed by atoms with van der Waals surface area (Å²) in [4.78, 5) is 10.5. The van der Waals surface area contributed by atoms with Crippen LogP contribution in [0.25, 0.3) is 10.8 Å². The molecular formula is C19H15NO3. The monoisotopic (exact) mass is 305 g/mol. The molecule has 4 rings (SSSR count). The third kappa shape index (κ3) is 2.19. The number of benzene rings is 3. The molecule has 0 heterocycles. The molecule has 114 valence electrons. The highest BCUT2D eigenvalue weighted by atomic mass is 16.6. The highest BCUT2D eigenvalue weighted by Crippen LogP contribution is 2.37. The molecule has 3 aromatic carbocycles. The number of aliphatic hydroxyl groups excluding tert-OH is 1. The Kier molecular flexibility index (Phi) is 3.13. The summed E-state index contributed by atoms with van der Waals surface area (Å²) in [5.41, 5.74) is 3.95. The first-order valence-corrected chi connectivity index (χ1v) is 7.61. The van der Waals surface area contributed by atoms with Crippen molar-refractivity contribution in [2.75, 3.05) is 0 Å². The zero-order chi connectivity index (χ0) is 16.0. The van der Waals surface area contributed by atoms with Crippen LogP contribution in [0.2, 0.25) is 0 Å². The van der Waals surface area contributed by atoms with Crippen LogP contribution in [-0.4, -0.2) is 10.0 Å². The van der Waals surface area contributed by atoms with Gasteiger partial charge in [0.15, 0.2) is 0 Å². The Bertz CT molecular complexity index is 923. The second kappa shape index (κ2) is 5.18. The van der Waals surface area contributed by atoms with E-state index in [-0.39, 0.29) is 5.69 Å². The molecule has 0 spiro atoms. The molecule has 1 atom stereocenters. The number of hydrogen-bond donors (Lipinski definition) is 1. The third-order valence-electron chi connectivity index (χ3n) is 4.60. The second-order valence-electron chi connectivity index (χ2n) is 5.91.